The highest BCUT2D eigenvalue weighted by Gasteiger charge is 2.46. The molecule has 0 unspecified atom stereocenters. The predicted molar refractivity (Wildman–Crippen MR) is 100 cm³/mol. The molecule has 0 saturated carbocycles. The number of hydrogen-bond acceptors (Lipinski definition) is 1. The van der Waals surface area contributed by atoms with Crippen molar-refractivity contribution in [3.05, 3.63) is 68.7 Å². The fourth-order valence-electron chi connectivity index (χ4n) is 4.45. The Labute approximate surface area is 151 Å². The zero-order valence-corrected chi connectivity index (χ0v) is 15.7. The number of halogens is 2. The molecule has 1 nitrogen and oxygen atoms in total. The Hall–Kier alpha value is -0.830. The van der Waals surface area contributed by atoms with E-state index in [1.54, 1.807) is 0 Å². The van der Waals surface area contributed by atoms with Gasteiger partial charge in [-0.15, -0.1) is 0 Å². The lowest BCUT2D eigenvalue weighted by Crippen LogP contribution is -2.30. The lowest BCUT2D eigenvalue weighted by molar-refractivity contribution is 0.240. The molecule has 3 heteroatoms. The summed E-state index contributed by atoms with van der Waals surface area (Å²) in [5.41, 5.74) is 4.62. The highest BCUT2D eigenvalue weighted by atomic mass is 79.9. The molecule has 120 valence electrons. The van der Waals surface area contributed by atoms with Crippen molar-refractivity contribution in [3.8, 4) is 0 Å². The first-order valence-corrected chi connectivity index (χ1v) is 9.47. The highest BCUT2D eigenvalue weighted by Crippen LogP contribution is 2.52. The van der Waals surface area contributed by atoms with Gasteiger partial charge >= 0.3 is 0 Å². The van der Waals surface area contributed by atoms with Crippen LogP contribution in [0.5, 0.6) is 0 Å². The Balaban J connectivity index is 1.63. The summed E-state index contributed by atoms with van der Waals surface area (Å²) in [4.78, 5) is 2.62. The van der Waals surface area contributed by atoms with E-state index in [-0.39, 0.29) is 0 Å². The molecule has 2 aliphatic rings. The molecule has 0 bridgehead atoms. The van der Waals surface area contributed by atoms with Crippen LogP contribution in [0.3, 0.4) is 0 Å². The van der Waals surface area contributed by atoms with E-state index < -0.39 is 0 Å². The second kappa shape index (κ2) is 5.91. The first-order chi connectivity index (χ1) is 11.1. The van der Waals surface area contributed by atoms with E-state index in [4.69, 9.17) is 11.6 Å². The maximum Gasteiger partial charge on any atom is 0.0582 e. The summed E-state index contributed by atoms with van der Waals surface area (Å²) >= 11 is 10.1. The molecule has 0 amide bonds. The third-order valence-electron chi connectivity index (χ3n) is 5.67. The van der Waals surface area contributed by atoms with E-state index in [0.717, 1.165) is 29.0 Å². The smallest absolute Gasteiger partial charge is 0.0582 e. The van der Waals surface area contributed by atoms with Crippen LogP contribution >= 0.6 is 27.5 Å². The average Bonchev–Trinajstić information content (AvgIpc) is 2.88. The summed E-state index contributed by atoms with van der Waals surface area (Å²) in [5, 5.41) is 0.922. The van der Waals surface area contributed by atoms with Crippen LogP contribution in [0.2, 0.25) is 5.02 Å². The maximum absolute atomic E-state index is 6.55. The maximum atomic E-state index is 6.55. The van der Waals surface area contributed by atoms with Gasteiger partial charge in [0.25, 0.3) is 0 Å². The summed E-state index contributed by atoms with van der Waals surface area (Å²) in [6.45, 7) is 5.82. The van der Waals surface area contributed by atoms with Crippen LogP contribution < -0.4 is 0 Å². The van der Waals surface area contributed by atoms with Gasteiger partial charge in [-0.3, -0.25) is 4.90 Å². The first kappa shape index (κ1) is 15.7. The molecule has 1 fully saturated rings. The van der Waals surface area contributed by atoms with E-state index in [1.165, 1.54) is 29.7 Å². The molecule has 1 aliphatic heterocycles. The minimum atomic E-state index is 0.374. The summed E-state index contributed by atoms with van der Waals surface area (Å²) in [6, 6.07) is 15.2. The summed E-state index contributed by atoms with van der Waals surface area (Å²) < 4.78 is 1.03. The zero-order chi connectivity index (χ0) is 16.0. The van der Waals surface area contributed by atoms with Gasteiger partial charge in [0.2, 0.25) is 0 Å². The lowest BCUT2D eigenvalue weighted by atomic mass is 9.67. The van der Waals surface area contributed by atoms with Crippen LogP contribution in [-0.4, -0.2) is 18.0 Å². The molecule has 0 radical (unpaired) electrons. The average molecular weight is 391 g/mol. The molecule has 23 heavy (non-hydrogen) atoms. The van der Waals surface area contributed by atoms with E-state index in [1.807, 2.05) is 0 Å². The molecule has 0 N–H and O–H groups in total. The van der Waals surface area contributed by atoms with Crippen molar-refractivity contribution in [3.63, 3.8) is 0 Å². The first-order valence-electron chi connectivity index (χ1n) is 8.30. The van der Waals surface area contributed by atoms with Crippen molar-refractivity contribution >= 4 is 27.5 Å². The van der Waals surface area contributed by atoms with Crippen LogP contribution in [0, 0.1) is 5.41 Å². The molecule has 2 aromatic rings. The quantitative estimate of drug-likeness (QED) is 0.640. The number of rotatable bonds is 2. The number of likely N-dealkylation sites (tertiary alicyclic amines) is 1. The highest BCUT2D eigenvalue weighted by molar-refractivity contribution is 9.10. The minimum absolute atomic E-state index is 0.374. The van der Waals surface area contributed by atoms with Gasteiger partial charge in [0.1, 0.15) is 0 Å². The van der Waals surface area contributed by atoms with Gasteiger partial charge in [0.05, 0.1) is 5.02 Å². The summed E-state index contributed by atoms with van der Waals surface area (Å²) in [5.74, 6) is 0.598. The Morgan fingerprint density at radius 2 is 2.00 bits per heavy atom. The minimum Gasteiger partial charge on any atom is -0.298 e. The molecule has 0 spiro atoms. The standard InChI is InChI=1S/C20H21BrClN/c1-20-10-9-16-15(7-8-18(21)19(16)22)17(20)12-23(13-20)11-14-5-3-2-4-6-14/h2-8,17H,9-13H2,1H3/t17-,20-/m1/s1. The molecule has 2 aromatic carbocycles. The molecular formula is C20H21BrClN. The number of hydrogen-bond donors (Lipinski definition) is 0. The van der Waals surface area contributed by atoms with Gasteiger partial charge in [-0.1, -0.05) is 54.9 Å². The Bertz CT molecular complexity index is 730. The SMILES string of the molecule is C[C@]12CCc3c(ccc(Br)c3Cl)[C@H]1CN(Cc1ccccc1)C2. The van der Waals surface area contributed by atoms with Crippen LogP contribution in [0.15, 0.2) is 46.9 Å². The predicted octanol–water partition coefficient (Wildman–Crippen LogP) is 5.65. The van der Waals surface area contributed by atoms with Gasteiger partial charge in [0.15, 0.2) is 0 Å². The van der Waals surface area contributed by atoms with Gasteiger partial charge in [0, 0.05) is 30.0 Å². The molecular weight excluding hydrogens is 370 g/mol. The fraction of sp³-hybridized carbons (Fsp3) is 0.400. The van der Waals surface area contributed by atoms with Crippen LogP contribution in [0.25, 0.3) is 0 Å². The normalized spacial score (nSPS) is 26.8. The summed E-state index contributed by atoms with van der Waals surface area (Å²) in [6.07, 6.45) is 2.33. The molecule has 0 aromatic heterocycles. The summed E-state index contributed by atoms with van der Waals surface area (Å²) in [7, 11) is 0. The third-order valence-corrected chi connectivity index (χ3v) is 6.99. The van der Waals surface area contributed by atoms with E-state index in [0.29, 0.717) is 11.3 Å². The molecule has 4 rings (SSSR count). The van der Waals surface area contributed by atoms with E-state index in [9.17, 15) is 0 Å². The molecule has 1 saturated heterocycles. The Morgan fingerprint density at radius 3 is 2.78 bits per heavy atom. The van der Waals surface area contributed by atoms with Crippen molar-refractivity contribution in [1.82, 2.24) is 4.90 Å². The Morgan fingerprint density at radius 1 is 1.22 bits per heavy atom. The number of nitrogens with zero attached hydrogens (tertiary/aromatic N) is 1. The Kier molecular flexibility index (Phi) is 4.03. The van der Waals surface area contributed by atoms with E-state index >= 15 is 0 Å². The van der Waals surface area contributed by atoms with Crippen molar-refractivity contribution < 1.29 is 0 Å². The number of fused-ring (bicyclic) bond motifs is 3. The molecule has 1 heterocycles. The molecule has 1 aliphatic carbocycles. The van der Waals surface area contributed by atoms with E-state index in [2.05, 4.69) is 70.2 Å². The topological polar surface area (TPSA) is 3.24 Å². The lowest BCUT2D eigenvalue weighted by Gasteiger charge is -2.37. The van der Waals surface area contributed by atoms with Crippen LogP contribution in [0.4, 0.5) is 0 Å². The van der Waals surface area contributed by atoms with Gasteiger partial charge in [-0.05, 0) is 56.9 Å². The van der Waals surface area contributed by atoms with Crippen LogP contribution in [0.1, 0.15) is 36.0 Å². The van der Waals surface area contributed by atoms with Gasteiger partial charge < -0.3 is 0 Å². The van der Waals surface area contributed by atoms with Crippen molar-refractivity contribution in [2.75, 3.05) is 13.1 Å². The second-order valence-corrected chi connectivity index (χ2v) is 8.52. The van der Waals surface area contributed by atoms with Crippen molar-refractivity contribution in [2.24, 2.45) is 5.41 Å². The van der Waals surface area contributed by atoms with Gasteiger partial charge in [-0.2, -0.15) is 0 Å². The van der Waals surface area contributed by atoms with Crippen molar-refractivity contribution in [1.29, 1.82) is 0 Å². The second-order valence-electron chi connectivity index (χ2n) is 7.29. The third kappa shape index (κ3) is 2.75. The van der Waals surface area contributed by atoms with Gasteiger partial charge in [-0.25, -0.2) is 0 Å². The monoisotopic (exact) mass is 389 g/mol. The van der Waals surface area contributed by atoms with Crippen molar-refractivity contribution in [2.45, 2.75) is 32.2 Å². The fourth-order valence-corrected chi connectivity index (χ4v) is 5.09. The number of benzene rings is 2. The van der Waals surface area contributed by atoms with Crippen LogP contribution in [-0.2, 0) is 13.0 Å². The largest absolute Gasteiger partial charge is 0.298 e. The molecule has 2 atom stereocenters. The zero-order valence-electron chi connectivity index (χ0n) is 13.4.